The van der Waals surface area contributed by atoms with Crippen molar-refractivity contribution >= 4 is 17.8 Å². The molecular formula is C21H27NO5. The van der Waals surface area contributed by atoms with Crippen LogP contribution >= 0.6 is 0 Å². The number of hydrogen-bond donors (Lipinski definition) is 0. The van der Waals surface area contributed by atoms with Gasteiger partial charge in [0, 0.05) is 6.42 Å². The van der Waals surface area contributed by atoms with E-state index in [0.717, 1.165) is 12.8 Å². The molecule has 2 unspecified atom stereocenters. The Hall–Kier alpha value is -2.21. The van der Waals surface area contributed by atoms with Crippen molar-refractivity contribution in [3.63, 3.8) is 0 Å². The summed E-state index contributed by atoms with van der Waals surface area (Å²) in [7, 11) is 0. The first-order valence-electron chi connectivity index (χ1n) is 9.76. The minimum absolute atomic E-state index is 0.0795. The van der Waals surface area contributed by atoms with Gasteiger partial charge in [-0.05, 0) is 31.9 Å². The lowest BCUT2D eigenvalue weighted by molar-refractivity contribution is -0.141. The van der Waals surface area contributed by atoms with Crippen LogP contribution in [0.1, 0.15) is 55.8 Å². The van der Waals surface area contributed by atoms with E-state index in [1.54, 1.807) is 31.2 Å². The second-order valence-corrected chi connectivity index (χ2v) is 7.42. The summed E-state index contributed by atoms with van der Waals surface area (Å²) in [6.45, 7) is 2.06. The standard InChI is InChI=1S/C21H27NO5/c1-15(27-21(25)16-8-4-2-5-9-16)13-22-19(23)12-17(20(22)24)14-26-18-10-6-3-7-11-18/h2,4-5,8-9,15,17-18H,3,6-7,10-14H2,1H3. The number of hydrogen-bond acceptors (Lipinski definition) is 5. The van der Waals surface area contributed by atoms with Gasteiger partial charge in [0.1, 0.15) is 6.10 Å². The van der Waals surface area contributed by atoms with E-state index in [1.807, 2.05) is 6.07 Å². The summed E-state index contributed by atoms with van der Waals surface area (Å²) in [5.41, 5.74) is 0.446. The van der Waals surface area contributed by atoms with Crippen molar-refractivity contribution in [2.45, 2.75) is 57.7 Å². The molecule has 2 fully saturated rings. The normalized spacial score (nSPS) is 22.1. The number of amides is 2. The second-order valence-electron chi connectivity index (χ2n) is 7.42. The molecule has 1 heterocycles. The Morgan fingerprint density at radius 2 is 1.85 bits per heavy atom. The first-order chi connectivity index (χ1) is 13.0. The molecule has 1 aliphatic carbocycles. The van der Waals surface area contributed by atoms with Gasteiger partial charge in [-0.2, -0.15) is 0 Å². The smallest absolute Gasteiger partial charge is 0.338 e. The van der Waals surface area contributed by atoms with Crippen LogP contribution in [0, 0.1) is 5.92 Å². The topological polar surface area (TPSA) is 72.9 Å². The van der Waals surface area contributed by atoms with Crippen LogP contribution in [0.4, 0.5) is 0 Å². The first kappa shape index (κ1) is 19.5. The average molecular weight is 373 g/mol. The Bertz CT molecular complexity index is 668. The van der Waals surface area contributed by atoms with E-state index in [9.17, 15) is 14.4 Å². The molecule has 2 atom stereocenters. The lowest BCUT2D eigenvalue weighted by atomic mass is 9.97. The first-order valence-corrected chi connectivity index (χ1v) is 9.76. The monoisotopic (exact) mass is 373 g/mol. The van der Waals surface area contributed by atoms with E-state index in [2.05, 4.69) is 0 Å². The number of benzene rings is 1. The van der Waals surface area contributed by atoms with E-state index >= 15 is 0 Å². The molecule has 1 saturated heterocycles. The Labute approximate surface area is 159 Å². The molecule has 0 bridgehead atoms. The van der Waals surface area contributed by atoms with E-state index in [-0.39, 0.29) is 30.9 Å². The van der Waals surface area contributed by atoms with Crippen LogP contribution in [0.3, 0.4) is 0 Å². The van der Waals surface area contributed by atoms with Gasteiger partial charge in [0.25, 0.3) is 0 Å². The molecule has 27 heavy (non-hydrogen) atoms. The summed E-state index contributed by atoms with van der Waals surface area (Å²) in [5, 5.41) is 0. The Kier molecular flexibility index (Phi) is 6.61. The van der Waals surface area contributed by atoms with Crippen molar-refractivity contribution in [2.24, 2.45) is 5.92 Å². The summed E-state index contributed by atoms with van der Waals surface area (Å²) < 4.78 is 11.2. The van der Waals surface area contributed by atoms with Crippen molar-refractivity contribution in [1.82, 2.24) is 4.90 Å². The Morgan fingerprint density at radius 1 is 1.15 bits per heavy atom. The molecule has 3 rings (SSSR count). The summed E-state index contributed by atoms with van der Waals surface area (Å²) in [6, 6.07) is 8.66. The molecule has 1 aromatic carbocycles. The molecule has 0 aromatic heterocycles. The van der Waals surface area contributed by atoms with Crippen molar-refractivity contribution in [3.8, 4) is 0 Å². The summed E-state index contributed by atoms with van der Waals surface area (Å²) in [4.78, 5) is 38.1. The molecule has 1 aromatic rings. The second kappa shape index (κ2) is 9.13. The predicted molar refractivity (Wildman–Crippen MR) is 99.0 cm³/mol. The maximum atomic E-state index is 12.6. The molecule has 6 heteroatoms. The van der Waals surface area contributed by atoms with Crippen LogP contribution in [0.15, 0.2) is 30.3 Å². The molecule has 1 aliphatic heterocycles. The number of carbonyl (C=O) groups excluding carboxylic acids is 3. The van der Waals surface area contributed by atoms with Crippen LogP contribution < -0.4 is 0 Å². The van der Waals surface area contributed by atoms with Crippen LogP contribution in [-0.2, 0) is 19.1 Å². The van der Waals surface area contributed by atoms with Gasteiger partial charge in [-0.25, -0.2) is 4.79 Å². The zero-order chi connectivity index (χ0) is 19.2. The maximum Gasteiger partial charge on any atom is 0.338 e. The molecule has 0 spiro atoms. The summed E-state index contributed by atoms with van der Waals surface area (Å²) >= 11 is 0. The molecule has 146 valence electrons. The maximum absolute atomic E-state index is 12.6. The Morgan fingerprint density at radius 3 is 2.56 bits per heavy atom. The zero-order valence-electron chi connectivity index (χ0n) is 15.8. The molecular weight excluding hydrogens is 346 g/mol. The highest BCUT2D eigenvalue weighted by Gasteiger charge is 2.40. The number of carbonyl (C=O) groups is 3. The van der Waals surface area contributed by atoms with Crippen LogP contribution in [-0.4, -0.2) is 48.0 Å². The lowest BCUT2D eigenvalue weighted by Crippen LogP contribution is -2.38. The molecule has 0 radical (unpaired) electrons. The summed E-state index contributed by atoms with van der Waals surface area (Å²) in [5.74, 6) is -1.32. The van der Waals surface area contributed by atoms with Crippen molar-refractivity contribution < 1.29 is 23.9 Å². The van der Waals surface area contributed by atoms with Crippen molar-refractivity contribution in [2.75, 3.05) is 13.2 Å². The highest BCUT2D eigenvalue weighted by molar-refractivity contribution is 6.03. The SMILES string of the molecule is CC(CN1C(=O)CC(COC2CCCCC2)C1=O)OC(=O)c1ccccc1. The predicted octanol–water partition coefficient (Wildman–Crippen LogP) is 2.96. The van der Waals surface area contributed by atoms with Crippen LogP contribution in [0.25, 0.3) is 0 Å². The quantitative estimate of drug-likeness (QED) is 0.543. The van der Waals surface area contributed by atoms with Gasteiger partial charge < -0.3 is 9.47 Å². The number of esters is 1. The number of ether oxygens (including phenoxy) is 2. The summed E-state index contributed by atoms with van der Waals surface area (Å²) in [6.07, 6.45) is 5.46. The number of likely N-dealkylation sites (tertiary alicyclic amines) is 1. The third-order valence-corrected chi connectivity index (χ3v) is 5.18. The number of nitrogens with zero attached hydrogens (tertiary/aromatic N) is 1. The van der Waals surface area contributed by atoms with Gasteiger partial charge in [-0.3, -0.25) is 14.5 Å². The van der Waals surface area contributed by atoms with Crippen LogP contribution in [0.5, 0.6) is 0 Å². The Balaban J connectivity index is 1.48. The van der Waals surface area contributed by atoms with E-state index in [1.165, 1.54) is 24.2 Å². The molecule has 6 nitrogen and oxygen atoms in total. The highest BCUT2D eigenvalue weighted by atomic mass is 16.5. The van der Waals surface area contributed by atoms with E-state index in [4.69, 9.17) is 9.47 Å². The third-order valence-electron chi connectivity index (χ3n) is 5.18. The number of imide groups is 1. The van der Waals surface area contributed by atoms with Gasteiger partial charge in [0.2, 0.25) is 11.8 Å². The van der Waals surface area contributed by atoms with Crippen LogP contribution in [0.2, 0.25) is 0 Å². The molecule has 2 amide bonds. The highest BCUT2D eigenvalue weighted by Crippen LogP contribution is 2.25. The van der Waals surface area contributed by atoms with Crippen molar-refractivity contribution in [3.05, 3.63) is 35.9 Å². The molecule has 1 saturated carbocycles. The fraction of sp³-hybridized carbons (Fsp3) is 0.571. The van der Waals surface area contributed by atoms with Gasteiger partial charge in [-0.1, -0.05) is 37.5 Å². The van der Waals surface area contributed by atoms with Gasteiger partial charge in [0.05, 0.1) is 30.7 Å². The molecule has 2 aliphatic rings. The third kappa shape index (κ3) is 5.16. The van der Waals surface area contributed by atoms with Gasteiger partial charge >= 0.3 is 5.97 Å². The molecule has 0 N–H and O–H groups in total. The van der Waals surface area contributed by atoms with E-state index < -0.39 is 18.0 Å². The minimum atomic E-state index is -0.566. The van der Waals surface area contributed by atoms with Gasteiger partial charge in [-0.15, -0.1) is 0 Å². The van der Waals surface area contributed by atoms with Crippen molar-refractivity contribution in [1.29, 1.82) is 0 Å². The lowest BCUT2D eigenvalue weighted by Gasteiger charge is -2.23. The fourth-order valence-electron chi connectivity index (χ4n) is 3.68. The number of rotatable bonds is 7. The van der Waals surface area contributed by atoms with E-state index in [0.29, 0.717) is 12.2 Å². The average Bonchev–Trinajstić information content (AvgIpc) is 2.95. The fourth-order valence-corrected chi connectivity index (χ4v) is 3.68. The zero-order valence-corrected chi connectivity index (χ0v) is 15.8. The largest absolute Gasteiger partial charge is 0.457 e. The minimum Gasteiger partial charge on any atom is -0.457 e. The van der Waals surface area contributed by atoms with Gasteiger partial charge in [0.15, 0.2) is 0 Å².